The molecule has 0 saturated carbocycles. The van der Waals surface area contributed by atoms with Gasteiger partial charge in [0.1, 0.15) is 0 Å². The van der Waals surface area contributed by atoms with Crippen LogP contribution in [0.15, 0.2) is 0 Å². The zero-order valence-electron chi connectivity index (χ0n) is 11.1. The number of piperazine rings is 1. The molecule has 2 heteroatoms. The first kappa shape index (κ1) is 13.0. The molecule has 0 aliphatic carbocycles. The van der Waals surface area contributed by atoms with Crippen LogP contribution in [0.2, 0.25) is 0 Å². The first-order valence-electron chi connectivity index (χ1n) is 6.39. The van der Waals surface area contributed by atoms with Crippen molar-refractivity contribution < 1.29 is 0 Å². The van der Waals surface area contributed by atoms with Crippen LogP contribution in [0.1, 0.15) is 41.0 Å². The van der Waals surface area contributed by atoms with Crippen molar-refractivity contribution in [2.45, 2.75) is 47.1 Å². The van der Waals surface area contributed by atoms with Crippen LogP contribution in [-0.4, -0.2) is 37.1 Å². The Morgan fingerprint density at radius 3 is 2.60 bits per heavy atom. The lowest BCUT2D eigenvalue weighted by Gasteiger charge is -2.41. The second kappa shape index (κ2) is 5.31. The summed E-state index contributed by atoms with van der Waals surface area (Å²) in [5, 5.41) is 3.64. The molecule has 1 N–H and O–H groups in total. The smallest absolute Gasteiger partial charge is 0.0244 e. The maximum absolute atomic E-state index is 3.64. The molecule has 1 fully saturated rings. The summed E-state index contributed by atoms with van der Waals surface area (Å²) in [7, 11) is 0. The van der Waals surface area contributed by atoms with Gasteiger partial charge >= 0.3 is 0 Å². The van der Waals surface area contributed by atoms with Crippen molar-refractivity contribution in [1.29, 1.82) is 0 Å². The number of hydrogen-bond donors (Lipinski definition) is 1. The zero-order chi connectivity index (χ0) is 11.5. The molecule has 1 aliphatic heterocycles. The molecule has 0 aromatic heterocycles. The van der Waals surface area contributed by atoms with E-state index in [1.165, 1.54) is 26.1 Å². The van der Waals surface area contributed by atoms with Crippen LogP contribution in [-0.2, 0) is 0 Å². The summed E-state index contributed by atoms with van der Waals surface area (Å²) in [6.07, 6.45) is 1.30. The van der Waals surface area contributed by atoms with Crippen LogP contribution in [0.25, 0.3) is 0 Å². The highest BCUT2D eigenvalue weighted by Gasteiger charge is 2.29. The van der Waals surface area contributed by atoms with E-state index in [0.29, 0.717) is 11.5 Å². The van der Waals surface area contributed by atoms with Gasteiger partial charge in [0.05, 0.1) is 0 Å². The summed E-state index contributed by atoms with van der Waals surface area (Å²) >= 11 is 0. The molecule has 2 unspecified atom stereocenters. The molecule has 1 heterocycles. The number of nitrogens with one attached hydrogen (secondary N) is 1. The molecular weight excluding hydrogens is 184 g/mol. The third-order valence-corrected chi connectivity index (χ3v) is 3.57. The van der Waals surface area contributed by atoms with Gasteiger partial charge in [-0.25, -0.2) is 0 Å². The van der Waals surface area contributed by atoms with Crippen molar-refractivity contribution in [2.24, 2.45) is 11.3 Å². The first-order chi connectivity index (χ1) is 6.93. The number of nitrogens with zero attached hydrogens (tertiary/aromatic N) is 1. The average molecular weight is 212 g/mol. The zero-order valence-corrected chi connectivity index (χ0v) is 11.1. The number of hydrogen-bond acceptors (Lipinski definition) is 2. The molecule has 0 amide bonds. The van der Waals surface area contributed by atoms with Gasteiger partial charge in [-0.3, -0.25) is 0 Å². The highest BCUT2D eigenvalue weighted by molar-refractivity contribution is 4.87. The van der Waals surface area contributed by atoms with Gasteiger partial charge in [-0.15, -0.1) is 0 Å². The Kier molecular flexibility index (Phi) is 4.60. The Bertz CT molecular complexity index is 183. The second-order valence-corrected chi connectivity index (χ2v) is 6.15. The third-order valence-electron chi connectivity index (χ3n) is 3.57. The summed E-state index contributed by atoms with van der Waals surface area (Å²) < 4.78 is 0. The summed E-state index contributed by atoms with van der Waals surface area (Å²) in [5.41, 5.74) is 0.383. The second-order valence-electron chi connectivity index (χ2n) is 6.15. The number of rotatable bonds is 3. The average Bonchev–Trinajstić information content (AvgIpc) is 2.17. The molecule has 15 heavy (non-hydrogen) atoms. The van der Waals surface area contributed by atoms with E-state index < -0.39 is 0 Å². The Labute approximate surface area is 95.4 Å². The van der Waals surface area contributed by atoms with E-state index in [-0.39, 0.29) is 0 Å². The van der Waals surface area contributed by atoms with Crippen LogP contribution < -0.4 is 5.32 Å². The maximum atomic E-state index is 3.64. The fourth-order valence-corrected chi connectivity index (χ4v) is 2.13. The third kappa shape index (κ3) is 4.12. The minimum Gasteiger partial charge on any atom is -0.311 e. The molecule has 2 atom stereocenters. The van der Waals surface area contributed by atoms with E-state index >= 15 is 0 Å². The summed E-state index contributed by atoms with van der Waals surface area (Å²) in [4.78, 5) is 2.63. The van der Waals surface area contributed by atoms with Gasteiger partial charge in [0, 0.05) is 32.2 Å². The van der Waals surface area contributed by atoms with Crippen molar-refractivity contribution in [3.8, 4) is 0 Å². The summed E-state index contributed by atoms with van der Waals surface area (Å²) in [6.45, 7) is 16.5. The van der Waals surface area contributed by atoms with Crippen molar-refractivity contribution in [2.75, 3.05) is 26.2 Å². The van der Waals surface area contributed by atoms with Crippen molar-refractivity contribution in [3.63, 3.8) is 0 Å². The maximum Gasteiger partial charge on any atom is 0.0244 e. The molecule has 1 aliphatic rings. The molecular formula is C13H28N2. The van der Waals surface area contributed by atoms with E-state index in [1.54, 1.807) is 0 Å². The highest BCUT2D eigenvalue weighted by Crippen LogP contribution is 2.22. The molecule has 2 nitrogen and oxygen atoms in total. The molecule has 0 bridgehead atoms. The van der Waals surface area contributed by atoms with Gasteiger partial charge in [0.2, 0.25) is 0 Å². The topological polar surface area (TPSA) is 15.3 Å². The van der Waals surface area contributed by atoms with Crippen molar-refractivity contribution >= 4 is 0 Å². The molecule has 0 spiro atoms. The van der Waals surface area contributed by atoms with Crippen LogP contribution in [0.4, 0.5) is 0 Å². The van der Waals surface area contributed by atoms with Crippen molar-refractivity contribution in [3.05, 3.63) is 0 Å². The van der Waals surface area contributed by atoms with Gasteiger partial charge in [-0.05, 0) is 11.3 Å². The van der Waals surface area contributed by atoms with E-state index in [2.05, 4.69) is 44.8 Å². The molecule has 1 rings (SSSR count). The van der Waals surface area contributed by atoms with Gasteiger partial charge in [-0.1, -0.05) is 41.0 Å². The lowest BCUT2D eigenvalue weighted by molar-refractivity contribution is 0.121. The highest BCUT2D eigenvalue weighted by atomic mass is 15.2. The predicted molar refractivity (Wildman–Crippen MR) is 67.1 cm³/mol. The predicted octanol–water partition coefficient (Wildman–Crippen LogP) is 2.35. The van der Waals surface area contributed by atoms with Gasteiger partial charge in [0.15, 0.2) is 0 Å². The van der Waals surface area contributed by atoms with Crippen molar-refractivity contribution in [1.82, 2.24) is 10.2 Å². The molecule has 1 saturated heterocycles. The molecule has 0 radical (unpaired) electrons. The fourth-order valence-electron chi connectivity index (χ4n) is 2.13. The minimum atomic E-state index is 0.383. The summed E-state index contributed by atoms with van der Waals surface area (Å²) in [6, 6.07) is 0.648. The van der Waals surface area contributed by atoms with E-state index in [9.17, 15) is 0 Å². The lowest BCUT2D eigenvalue weighted by Crippen LogP contribution is -2.56. The summed E-state index contributed by atoms with van der Waals surface area (Å²) in [5.74, 6) is 0.837. The minimum absolute atomic E-state index is 0.383. The van der Waals surface area contributed by atoms with Gasteiger partial charge in [-0.2, -0.15) is 0 Å². The normalized spacial score (nSPS) is 26.6. The van der Waals surface area contributed by atoms with Crippen LogP contribution in [0, 0.1) is 11.3 Å². The monoisotopic (exact) mass is 212 g/mol. The van der Waals surface area contributed by atoms with E-state index in [0.717, 1.165) is 12.5 Å². The SMILES string of the molecule is CCC(C)CN1CCNC(C(C)(C)C)C1. The Morgan fingerprint density at radius 1 is 1.40 bits per heavy atom. The standard InChI is InChI=1S/C13H28N2/c1-6-11(2)9-15-8-7-14-12(10-15)13(3,4)5/h11-12,14H,6-10H2,1-5H3. The molecule has 0 aromatic carbocycles. The first-order valence-corrected chi connectivity index (χ1v) is 6.39. The Balaban J connectivity index is 2.42. The largest absolute Gasteiger partial charge is 0.311 e. The van der Waals surface area contributed by atoms with Crippen LogP contribution in [0.3, 0.4) is 0 Å². The molecule has 0 aromatic rings. The van der Waals surface area contributed by atoms with Gasteiger partial charge < -0.3 is 10.2 Å². The molecule has 90 valence electrons. The van der Waals surface area contributed by atoms with E-state index in [1.807, 2.05) is 0 Å². The lowest BCUT2D eigenvalue weighted by atomic mass is 9.85. The van der Waals surface area contributed by atoms with Gasteiger partial charge in [0.25, 0.3) is 0 Å². The Hall–Kier alpha value is -0.0800. The van der Waals surface area contributed by atoms with E-state index in [4.69, 9.17) is 0 Å². The van der Waals surface area contributed by atoms with Crippen LogP contribution in [0.5, 0.6) is 0 Å². The van der Waals surface area contributed by atoms with Crippen LogP contribution >= 0.6 is 0 Å². The quantitative estimate of drug-likeness (QED) is 0.772. The Morgan fingerprint density at radius 2 is 2.07 bits per heavy atom. The fraction of sp³-hybridized carbons (Fsp3) is 1.00.